The Balaban J connectivity index is 1.50. The Morgan fingerprint density at radius 1 is 0.909 bits per heavy atom. The van der Waals surface area contributed by atoms with E-state index < -0.39 is 11.7 Å². The fourth-order valence-corrected chi connectivity index (χ4v) is 6.67. The molecule has 0 aliphatic carbocycles. The number of aryl methyl sites for hydroxylation is 1. The number of rotatable bonds is 7. The normalized spacial score (nSPS) is 12.5. The number of aromatic nitrogens is 3. The number of pyridine rings is 2. The summed E-state index contributed by atoms with van der Waals surface area (Å²) in [6.07, 6.45) is 1.10. The lowest BCUT2D eigenvalue weighted by Crippen LogP contribution is -2.27. The third-order valence-electron chi connectivity index (χ3n) is 7.41. The highest BCUT2D eigenvalue weighted by atomic mass is 35.5. The average Bonchev–Trinajstić information content (AvgIpc) is 3.42. The van der Waals surface area contributed by atoms with Gasteiger partial charge in [-0.3, -0.25) is 9.78 Å². The fraction of sp³-hybridized carbons (Fsp3) is 0.222. The molecule has 0 aliphatic rings. The minimum atomic E-state index is -0.727. The summed E-state index contributed by atoms with van der Waals surface area (Å²) in [5.41, 5.74) is 7.80. The molecule has 222 valence electrons. The van der Waals surface area contributed by atoms with Crippen molar-refractivity contribution < 1.29 is 9.53 Å². The standard InChI is InChI=1S/C36H33ClN4O2S/c1-20-17-29-34(32(22-7-11-26(37)12-8-22)31(20)33(21(2)42)43-36(3,4)5)44-35(41-29)25-15-16-39-28(19-25)24-9-13-27-23(18-24)10-14-30(38-6)40-27/h7-19,33H,1-6H3,(H,38,40)/t33-/m1/s1. The average molecular weight is 621 g/mol. The van der Waals surface area contributed by atoms with Gasteiger partial charge in [-0.15, -0.1) is 11.3 Å². The highest BCUT2D eigenvalue weighted by Gasteiger charge is 2.30. The van der Waals surface area contributed by atoms with Crippen LogP contribution in [-0.4, -0.2) is 33.4 Å². The second kappa shape index (κ2) is 11.7. The summed E-state index contributed by atoms with van der Waals surface area (Å²) >= 11 is 7.88. The van der Waals surface area contributed by atoms with Crippen LogP contribution in [-0.2, 0) is 9.53 Å². The van der Waals surface area contributed by atoms with E-state index in [1.807, 2.05) is 89.5 Å². The van der Waals surface area contributed by atoms with Crippen LogP contribution in [0.2, 0.25) is 5.02 Å². The maximum atomic E-state index is 13.1. The van der Waals surface area contributed by atoms with Crippen molar-refractivity contribution in [3.05, 3.63) is 95.1 Å². The van der Waals surface area contributed by atoms with E-state index in [0.29, 0.717) is 5.02 Å². The first-order valence-corrected chi connectivity index (χ1v) is 15.6. The topological polar surface area (TPSA) is 77.0 Å². The van der Waals surface area contributed by atoms with Crippen molar-refractivity contribution in [1.29, 1.82) is 0 Å². The van der Waals surface area contributed by atoms with Gasteiger partial charge in [0.2, 0.25) is 0 Å². The molecule has 0 radical (unpaired) electrons. The molecule has 6 rings (SSSR count). The van der Waals surface area contributed by atoms with Crippen molar-refractivity contribution in [3.63, 3.8) is 0 Å². The summed E-state index contributed by atoms with van der Waals surface area (Å²) in [6, 6.07) is 24.1. The number of halogens is 1. The molecule has 0 unspecified atom stereocenters. The van der Waals surface area contributed by atoms with Gasteiger partial charge in [0.05, 0.1) is 27.0 Å². The van der Waals surface area contributed by atoms with Crippen molar-refractivity contribution in [2.24, 2.45) is 0 Å². The number of Topliss-reactive ketones (excluding diaryl/α,β-unsaturated/α-hetero) is 1. The summed E-state index contributed by atoms with van der Waals surface area (Å²) < 4.78 is 7.38. The number of anilines is 1. The Hall–Kier alpha value is -4.17. The zero-order valence-electron chi connectivity index (χ0n) is 25.5. The zero-order valence-corrected chi connectivity index (χ0v) is 27.1. The van der Waals surface area contributed by atoms with E-state index in [-0.39, 0.29) is 5.78 Å². The first-order valence-electron chi connectivity index (χ1n) is 14.4. The minimum absolute atomic E-state index is 0.0473. The van der Waals surface area contributed by atoms with Gasteiger partial charge in [-0.25, -0.2) is 9.97 Å². The fourth-order valence-electron chi connectivity index (χ4n) is 5.42. The predicted octanol–water partition coefficient (Wildman–Crippen LogP) is 9.69. The molecule has 0 bridgehead atoms. The Bertz CT molecular complexity index is 2030. The number of hydrogen-bond acceptors (Lipinski definition) is 7. The van der Waals surface area contributed by atoms with Crippen molar-refractivity contribution >= 4 is 55.7 Å². The van der Waals surface area contributed by atoms with E-state index in [0.717, 1.165) is 71.0 Å². The molecule has 0 saturated carbocycles. The number of carbonyl (C=O) groups is 1. The second-order valence-electron chi connectivity index (χ2n) is 11.9. The van der Waals surface area contributed by atoms with Gasteiger partial charge in [-0.1, -0.05) is 29.8 Å². The number of carbonyl (C=O) groups excluding carboxylic acids is 1. The predicted molar refractivity (Wildman–Crippen MR) is 183 cm³/mol. The molecular formula is C36H33ClN4O2S. The lowest BCUT2D eigenvalue weighted by atomic mass is 9.90. The van der Waals surface area contributed by atoms with Crippen molar-refractivity contribution in [2.75, 3.05) is 12.4 Å². The van der Waals surface area contributed by atoms with Crippen LogP contribution >= 0.6 is 22.9 Å². The van der Waals surface area contributed by atoms with Crippen LogP contribution in [0.15, 0.2) is 79.0 Å². The van der Waals surface area contributed by atoms with Crippen molar-refractivity contribution in [1.82, 2.24) is 15.0 Å². The molecule has 44 heavy (non-hydrogen) atoms. The zero-order chi connectivity index (χ0) is 31.2. The number of nitrogens with zero attached hydrogens (tertiary/aromatic N) is 3. The van der Waals surface area contributed by atoms with E-state index in [2.05, 4.69) is 39.6 Å². The number of fused-ring (bicyclic) bond motifs is 2. The van der Waals surface area contributed by atoms with Crippen molar-refractivity contribution in [2.45, 2.75) is 46.3 Å². The molecule has 0 spiro atoms. The maximum absolute atomic E-state index is 13.1. The molecule has 0 fully saturated rings. The number of thiazole rings is 1. The van der Waals surface area contributed by atoms with Gasteiger partial charge in [0, 0.05) is 45.9 Å². The lowest BCUT2D eigenvalue weighted by Gasteiger charge is -2.29. The van der Waals surface area contributed by atoms with E-state index in [1.54, 1.807) is 18.3 Å². The molecule has 6 aromatic rings. The van der Waals surface area contributed by atoms with Gasteiger partial charge >= 0.3 is 0 Å². The van der Waals surface area contributed by atoms with E-state index in [4.69, 9.17) is 21.3 Å². The summed E-state index contributed by atoms with van der Waals surface area (Å²) in [4.78, 5) is 27.5. The molecular weight excluding hydrogens is 588 g/mol. The number of nitrogens with one attached hydrogen (secondary N) is 1. The maximum Gasteiger partial charge on any atom is 0.163 e. The van der Waals surface area contributed by atoms with Crippen LogP contribution in [0.3, 0.4) is 0 Å². The third kappa shape index (κ3) is 5.95. The van der Waals surface area contributed by atoms with Gasteiger partial charge in [0.1, 0.15) is 16.9 Å². The molecule has 1 N–H and O–H groups in total. The van der Waals surface area contributed by atoms with Crippen LogP contribution in [0.1, 0.15) is 44.9 Å². The quantitative estimate of drug-likeness (QED) is 0.191. The Morgan fingerprint density at radius 3 is 2.36 bits per heavy atom. The largest absolute Gasteiger partial charge is 0.373 e. The Kier molecular flexibility index (Phi) is 7.97. The van der Waals surface area contributed by atoms with Gasteiger partial charge in [-0.05, 0) is 100 Å². The molecule has 1 atom stereocenters. The summed E-state index contributed by atoms with van der Waals surface area (Å²) in [7, 11) is 1.86. The summed E-state index contributed by atoms with van der Waals surface area (Å²) in [5.74, 6) is 0.783. The smallest absolute Gasteiger partial charge is 0.163 e. The molecule has 0 amide bonds. The Morgan fingerprint density at radius 2 is 1.66 bits per heavy atom. The molecule has 3 heterocycles. The number of ether oxygens (including phenoxy) is 1. The molecule has 3 aromatic heterocycles. The van der Waals surface area contributed by atoms with Gasteiger partial charge in [-0.2, -0.15) is 0 Å². The second-order valence-corrected chi connectivity index (χ2v) is 13.3. The van der Waals surface area contributed by atoms with Crippen LogP contribution < -0.4 is 5.32 Å². The first kappa shape index (κ1) is 29.9. The van der Waals surface area contributed by atoms with E-state index in [1.165, 1.54) is 0 Å². The number of ketones is 1. The lowest BCUT2D eigenvalue weighted by molar-refractivity contribution is -0.138. The first-order chi connectivity index (χ1) is 21.0. The van der Waals surface area contributed by atoms with Gasteiger partial charge in [0.25, 0.3) is 0 Å². The van der Waals surface area contributed by atoms with E-state index in [9.17, 15) is 4.79 Å². The molecule has 8 heteroatoms. The van der Waals surface area contributed by atoms with Crippen LogP contribution in [0.25, 0.3) is 54.1 Å². The highest BCUT2D eigenvalue weighted by Crippen LogP contribution is 2.44. The summed E-state index contributed by atoms with van der Waals surface area (Å²) in [5, 5.41) is 5.65. The van der Waals surface area contributed by atoms with Crippen LogP contribution in [0, 0.1) is 6.92 Å². The molecule has 0 aliphatic heterocycles. The Labute approximate surface area is 266 Å². The molecule has 3 aromatic carbocycles. The highest BCUT2D eigenvalue weighted by molar-refractivity contribution is 7.22. The number of hydrogen-bond donors (Lipinski definition) is 1. The monoisotopic (exact) mass is 620 g/mol. The SMILES string of the molecule is CNc1ccc2cc(-c3cc(-c4nc5cc(C)c([C@H](OC(C)(C)C)C(C)=O)c(-c6ccc(Cl)cc6)c5s4)ccn3)ccc2n1. The molecule has 0 saturated heterocycles. The molecule has 6 nitrogen and oxygen atoms in total. The van der Waals surface area contributed by atoms with E-state index >= 15 is 0 Å². The number of benzene rings is 3. The van der Waals surface area contributed by atoms with Gasteiger partial charge in [0.15, 0.2) is 5.78 Å². The van der Waals surface area contributed by atoms with Crippen LogP contribution in [0.4, 0.5) is 5.82 Å². The summed E-state index contributed by atoms with van der Waals surface area (Å²) in [6.45, 7) is 9.52. The van der Waals surface area contributed by atoms with Gasteiger partial charge < -0.3 is 10.1 Å². The minimum Gasteiger partial charge on any atom is -0.373 e. The van der Waals surface area contributed by atoms with Crippen molar-refractivity contribution in [3.8, 4) is 33.0 Å². The third-order valence-corrected chi connectivity index (χ3v) is 8.80. The van der Waals surface area contributed by atoms with Crippen LogP contribution in [0.5, 0.6) is 0 Å².